The highest BCUT2D eigenvalue weighted by molar-refractivity contribution is 7.79. The lowest BCUT2D eigenvalue weighted by Gasteiger charge is -1.83. The summed E-state index contributed by atoms with van der Waals surface area (Å²) in [6, 6.07) is 0. The van der Waals surface area contributed by atoms with E-state index < -0.39 is 11.1 Å². The fraction of sp³-hybridized carbons (Fsp3) is 0.667. The molecule has 0 fully saturated rings. The maximum absolute atomic E-state index is 10.0. The van der Waals surface area contributed by atoms with Gasteiger partial charge in [0.15, 0.2) is 11.1 Å². The molecule has 0 bridgehead atoms. The maximum atomic E-state index is 10.0. The lowest BCUT2D eigenvalue weighted by atomic mass is 10.4. The van der Waals surface area contributed by atoms with Gasteiger partial charge in [0.05, 0.1) is 5.75 Å². The Balaban J connectivity index is 3.19. The van der Waals surface area contributed by atoms with Crippen LogP contribution in [-0.4, -0.2) is 14.5 Å². The highest BCUT2D eigenvalue weighted by atomic mass is 32.2. The third-order valence-corrected chi connectivity index (χ3v) is 1.26. The Bertz CT molecular complexity index is 143. The average Bonchev–Trinajstić information content (AvgIpc) is 1.80. The van der Waals surface area contributed by atoms with Crippen molar-refractivity contribution in [3.8, 4) is 11.8 Å². The van der Waals surface area contributed by atoms with Gasteiger partial charge in [-0.2, -0.15) is 0 Å². The minimum Gasteiger partial charge on any atom is -0.306 e. The van der Waals surface area contributed by atoms with Crippen LogP contribution in [-0.2, 0) is 11.1 Å². The van der Waals surface area contributed by atoms with Crippen molar-refractivity contribution in [3.63, 3.8) is 0 Å². The van der Waals surface area contributed by atoms with Gasteiger partial charge in [-0.3, -0.25) is 0 Å². The molecule has 9 heavy (non-hydrogen) atoms. The average molecular weight is 146 g/mol. The standard InChI is InChI=1S/C6H10O2S/c1-2-3-4-5-6-9(7)8/h2,5-6H2,1H3,(H,7,8). The molecule has 0 saturated carbocycles. The molecule has 0 aliphatic carbocycles. The van der Waals surface area contributed by atoms with Crippen molar-refractivity contribution >= 4 is 11.1 Å². The van der Waals surface area contributed by atoms with Gasteiger partial charge in [0.25, 0.3) is 0 Å². The zero-order valence-corrected chi connectivity index (χ0v) is 6.20. The fourth-order valence-electron chi connectivity index (χ4n) is 0.352. The molecule has 1 atom stereocenters. The molecule has 52 valence electrons. The lowest BCUT2D eigenvalue weighted by molar-refractivity contribution is 0.564. The van der Waals surface area contributed by atoms with Crippen molar-refractivity contribution in [2.45, 2.75) is 19.8 Å². The molecule has 0 rings (SSSR count). The van der Waals surface area contributed by atoms with Gasteiger partial charge in [-0.05, 0) is 0 Å². The van der Waals surface area contributed by atoms with Gasteiger partial charge < -0.3 is 4.55 Å². The molecular formula is C6H10O2S. The van der Waals surface area contributed by atoms with Crippen LogP contribution in [0, 0.1) is 11.8 Å². The van der Waals surface area contributed by atoms with E-state index in [1.165, 1.54) is 0 Å². The summed E-state index contributed by atoms with van der Waals surface area (Å²) in [4.78, 5) is 0. The smallest absolute Gasteiger partial charge is 0.153 e. The van der Waals surface area contributed by atoms with E-state index in [0.717, 1.165) is 6.42 Å². The first-order valence-electron chi connectivity index (χ1n) is 2.80. The van der Waals surface area contributed by atoms with Crippen LogP contribution in [0.5, 0.6) is 0 Å². The van der Waals surface area contributed by atoms with E-state index in [-0.39, 0.29) is 5.75 Å². The molecule has 3 heteroatoms. The highest BCUT2D eigenvalue weighted by Crippen LogP contribution is 1.80. The molecule has 0 aromatic carbocycles. The van der Waals surface area contributed by atoms with Crippen LogP contribution in [0.3, 0.4) is 0 Å². The number of hydrogen-bond donors (Lipinski definition) is 1. The van der Waals surface area contributed by atoms with Crippen molar-refractivity contribution < 1.29 is 8.76 Å². The third-order valence-electron chi connectivity index (χ3n) is 0.703. The van der Waals surface area contributed by atoms with Crippen LogP contribution in [0.2, 0.25) is 0 Å². The van der Waals surface area contributed by atoms with Crippen LogP contribution in [0.4, 0.5) is 0 Å². The van der Waals surface area contributed by atoms with E-state index in [4.69, 9.17) is 4.55 Å². The summed E-state index contributed by atoms with van der Waals surface area (Å²) >= 11 is -1.67. The second kappa shape index (κ2) is 5.80. The van der Waals surface area contributed by atoms with Crippen molar-refractivity contribution in [2.24, 2.45) is 0 Å². The van der Waals surface area contributed by atoms with Gasteiger partial charge in [0, 0.05) is 12.8 Å². The predicted octanol–water partition coefficient (Wildman–Crippen LogP) is 1.01. The quantitative estimate of drug-likeness (QED) is 0.466. The molecule has 0 spiro atoms. The summed E-state index contributed by atoms with van der Waals surface area (Å²) in [6.45, 7) is 1.95. The summed E-state index contributed by atoms with van der Waals surface area (Å²) in [5.41, 5.74) is 0. The molecule has 0 saturated heterocycles. The molecule has 0 heterocycles. The van der Waals surface area contributed by atoms with E-state index in [9.17, 15) is 4.21 Å². The van der Waals surface area contributed by atoms with Crippen LogP contribution in [0.15, 0.2) is 0 Å². The van der Waals surface area contributed by atoms with Crippen molar-refractivity contribution in [3.05, 3.63) is 0 Å². The first kappa shape index (κ1) is 8.67. The normalized spacial score (nSPS) is 11.8. The Morgan fingerprint density at radius 1 is 1.56 bits per heavy atom. The van der Waals surface area contributed by atoms with E-state index in [2.05, 4.69) is 11.8 Å². The summed E-state index contributed by atoms with van der Waals surface area (Å²) in [7, 11) is 0. The molecule has 2 nitrogen and oxygen atoms in total. The Kier molecular flexibility index (Phi) is 5.59. The maximum Gasteiger partial charge on any atom is 0.153 e. The molecule has 0 amide bonds. The Morgan fingerprint density at radius 3 is 2.67 bits per heavy atom. The molecule has 0 aromatic rings. The number of rotatable bonds is 2. The monoisotopic (exact) mass is 146 g/mol. The van der Waals surface area contributed by atoms with Gasteiger partial charge in [-0.25, -0.2) is 4.21 Å². The van der Waals surface area contributed by atoms with E-state index in [1.54, 1.807) is 0 Å². The molecule has 0 aliphatic heterocycles. The van der Waals surface area contributed by atoms with Gasteiger partial charge in [-0.1, -0.05) is 6.92 Å². The van der Waals surface area contributed by atoms with Gasteiger partial charge in [-0.15, -0.1) is 11.8 Å². The molecule has 0 radical (unpaired) electrons. The van der Waals surface area contributed by atoms with Crippen molar-refractivity contribution in [2.75, 3.05) is 5.75 Å². The van der Waals surface area contributed by atoms with E-state index >= 15 is 0 Å². The largest absolute Gasteiger partial charge is 0.306 e. The van der Waals surface area contributed by atoms with Gasteiger partial charge >= 0.3 is 0 Å². The van der Waals surface area contributed by atoms with Crippen molar-refractivity contribution in [1.29, 1.82) is 0 Å². The summed E-state index contributed by atoms with van der Waals surface area (Å²) < 4.78 is 18.3. The van der Waals surface area contributed by atoms with Crippen LogP contribution >= 0.6 is 0 Å². The zero-order chi connectivity index (χ0) is 7.11. The highest BCUT2D eigenvalue weighted by Gasteiger charge is 1.86. The molecule has 1 unspecified atom stereocenters. The summed E-state index contributed by atoms with van der Waals surface area (Å²) in [5.74, 6) is 5.84. The Morgan fingerprint density at radius 2 is 2.22 bits per heavy atom. The Hall–Kier alpha value is -0.330. The van der Waals surface area contributed by atoms with Gasteiger partial charge in [0.2, 0.25) is 0 Å². The van der Waals surface area contributed by atoms with Crippen LogP contribution in [0.25, 0.3) is 0 Å². The lowest BCUT2D eigenvalue weighted by Crippen LogP contribution is -1.91. The van der Waals surface area contributed by atoms with Gasteiger partial charge in [0.1, 0.15) is 0 Å². The first-order chi connectivity index (χ1) is 4.27. The third kappa shape index (κ3) is 7.67. The second-order valence-corrected chi connectivity index (χ2v) is 2.53. The van der Waals surface area contributed by atoms with E-state index in [0.29, 0.717) is 6.42 Å². The Labute approximate surface area is 57.9 Å². The van der Waals surface area contributed by atoms with Crippen LogP contribution in [0.1, 0.15) is 19.8 Å². The molecule has 0 aromatic heterocycles. The zero-order valence-electron chi connectivity index (χ0n) is 5.39. The fourth-order valence-corrected chi connectivity index (χ4v) is 0.628. The molecular weight excluding hydrogens is 136 g/mol. The summed E-state index contributed by atoms with van der Waals surface area (Å²) in [5, 5.41) is 0. The molecule has 1 N–H and O–H groups in total. The second-order valence-electron chi connectivity index (χ2n) is 1.48. The minimum atomic E-state index is -1.67. The summed E-state index contributed by atoms with van der Waals surface area (Å²) in [6.07, 6.45) is 1.34. The topological polar surface area (TPSA) is 37.3 Å². The van der Waals surface area contributed by atoms with Crippen molar-refractivity contribution in [1.82, 2.24) is 0 Å². The SMILES string of the molecule is CCC#CCCS(=O)O. The molecule has 0 aliphatic rings. The van der Waals surface area contributed by atoms with Crippen LogP contribution < -0.4 is 0 Å². The first-order valence-corrected chi connectivity index (χ1v) is 4.08. The predicted molar refractivity (Wildman–Crippen MR) is 38.3 cm³/mol. The number of hydrogen-bond acceptors (Lipinski definition) is 1. The van der Waals surface area contributed by atoms with E-state index in [1.807, 2.05) is 6.92 Å². The minimum absolute atomic E-state index is 0.271.